The molecule has 192 valence electrons. The van der Waals surface area contributed by atoms with E-state index in [1.54, 1.807) is 30.7 Å². The molecule has 2 N–H and O–H groups in total. The summed E-state index contributed by atoms with van der Waals surface area (Å²) in [5, 5.41) is 16.8. The zero-order valence-electron chi connectivity index (χ0n) is 20.0. The van der Waals surface area contributed by atoms with Crippen LogP contribution in [0.5, 0.6) is 11.5 Å². The van der Waals surface area contributed by atoms with E-state index in [1.807, 2.05) is 48.5 Å². The van der Waals surface area contributed by atoms with Crippen molar-refractivity contribution < 1.29 is 37.7 Å². The number of carboxylic acid groups (broad SMARTS) is 2. The van der Waals surface area contributed by atoms with E-state index in [1.165, 1.54) is 0 Å². The van der Waals surface area contributed by atoms with E-state index >= 15 is 0 Å². The molecule has 1 fully saturated rings. The van der Waals surface area contributed by atoms with Crippen molar-refractivity contribution in [1.82, 2.24) is 9.21 Å². The van der Waals surface area contributed by atoms with Crippen molar-refractivity contribution in [3.05, 3.63) is 66.2 Å². The van der Waals surface area contributed by atoms with E-state index in [4.69, 9.17) is 29.3 Å². The molecule has 1 aliphatic heterocycles. The summed E-state index contributed by atoms with van der Waals surface area (Å²) < 4.78 is 38.5. The highest BCUT2D eigenvalue weighted by atomic mass is 32.2. The lowest BCUT2D eigenvalue weighted by molar-refractivity contribution is -0.159. The molecular weight excluding hydrogens is 488 g/mol. The smallest absolute Gasteiger partial charge is 0.414 e. The Hall–Kier alpha value is -3.67. The predicted octanol–water partition coefficient (Wildman–Crippen LogP) is 2.52. The molecular formula is C25H28N2O8S. The number of rotatable bonds is 6. The lowest BCUT2D eigenvalue weighted by Crippen LogP contribution is -2.48. The Morgan fingerprint density at radius 3 is 2.00 bits per heavy atom. The maximum atomic E-state index is 13.1. The van der Waals surface area contributed by atoms with Gasteiger partial charge in [0.2, 0.25) is 10.0 Å². The Morgan fingerprint density at radius 2 is 1.42 bits per heavy atom. The van der Waals surface area contributed by atoms with Gasteiger partial charge in [0, 0.05) is 32.7 Å². The summed E-state index contributed by atoms with van der Waals surface area (Å²) in [4.78, 5) is 20.8. The minimum Gasteiger partial charge on any atom is -0.493 e. The quantitative estimate of drug-likeness (QED) is 0.474. The van der Waals surface area contributed by atoms with Gasteiger partial charge in [0.15, 0.2) is 11.5 Å². The minimum absolute atomic E-state index is 0.356. The predicted molar refractivity (Wildman–Crippen MR) is 133 cm³/mol. The number of benzene rings is 3. The zero-order chi connectivity index (χ0) is 26.3. The van der Waals surface area contributed by atoms with Gasteiger partial charge in [-0.3, -0.25) is 4.90 Å². The average molecular weight is 517 g/mol. The fraction of sp³-hybridized carbons (Fsp3) is 0.280. The number of carboxylic acids is 2. The van der Waals surface area contributed by atoms with Gasteiger partial charge in [-0.1, -0.05) is 36.4 Å². The van der Waals surface area contributed by atoms with Gasteiger partial charge in [-0.25, -0.2) is 18.0 Å². The molecule has 36 heavy (non-hydrogen) atoms. The largest absolute Gasteiger partial charge is 0.493 e. The van der Waals surface area contributed by atoms with Gasteiger partial charge in [0.25, 0.3) is 0 Å². The minimum atomic E-state index is -3.50. The molecule has 0 atom stereocenters. The lowest BCUT2D eigenvalue weighted by atomic mass is 10.1. The molecule has 0 unspecified atom stereocenters. The second-order valence-electron chi connectivity index (χ2n) is 7.99. The first-order chi connectivity index (χ1) is 17.1. The molecule has 3 aromatic rings. The third-order valence-corrected chi connectivity index (χ3v) is 7.62. The highest BCUT2D eigenvalue weighted by Gasteiger charge is 2.28. The average Bonchev–Trinajstić information content (AvgIpc) is 2.89. The number of aliphatic carboxylic acids is 2. The highest BCUT2D eigenvalue weighted by Crippen LogP contribution is 2.28. The van der Waals surface area contributed by atoms with Gasteiger partial charge in [0.1, 0.15) is 0 Å². The van der Waals surface area contributed by atoms with Crippen molar-refractivity contribution in [3.63, 3.8) is 0 Å². The van der Waals surface area contributed by atoms with Crippen LogP contribution in [0.15, 0.2) is 65.6 Å². The maximum absolute atomic E-state index is 13.1. The number of methoxy groups -OCH3 is 2. The molecule has 4 rings (SSSR count). The number of nitrogens with zero attached hydrogens (tertiary/aromatic N) is 2. The van der Waals surface area contributed by atoms with Crippen LogP contribution in [0.4, 0.5) is 0 Å². The highest BCUT2D eigenvalue weighted by molar-refractivity contribution is 7.89. The summed E-state index contributed by atoms with van der Waals surface area (Å²) in [6.07, 6.45) is 0. The van der Waals surface area contributed by atoms with Crippen LogP contribution in [0.3, 0.4) is 0 Å². The second-order valence-corrected chi connectivity index (χ2v) is 9.93. The zero-order valence-corrected chi connectivity index (χ0v) is 20.8. The molecule has 1 aliphatic rings. The number of carbonyl (C=O) groups is 2. The molecule has 11 heteroatoms. The van der Waals surface area contributed by atoms with Crippen LogP contribution in [0, 0.1) is 0 Å². The van der Waals surface area contributed by atoms with Gasteiger partial charge in [-0.05, 0) is 40.6 Å². The first-order valence-electron chi connectivity index (χ1n) is 11.0. The van der Waals surface area contributed by atoms with Crippen LogP contribution in [0.1, 0.15) is 5.56 Å². The van der Waals surface area contributed by atoms with Crippen LogP contribution in [0.2, 0.25) is 0 Å². The van der Waals surface area contributed by atoms with Gasteiger partial charge < -0.3 is 19.7 Å². The second kappa shape index (κ2) is 11.8. The van der Waals surface area contributed by atoms with E-state index in [0.717, 1.165) is 22.9 Å². The number of hydrogen-bond acceptors (Lipinski definition) is 7. The Bertz CT molecular complexity index is 1320. The molecule has 0 bridgehead atoms. The molecule has 1 heterocycles. The summed E-state index contributed by atoms with van der Waals surface area (Å²) in [7, 11) is -0.258. The van der Waals surface area contributed by atoms with Crippen LogP contribution in [0.25, 0.3) is 10.8 Å². The molecule has 0 aliphatic carbocycles. The first kappa shape index (κ1) is 26.9. The van der Waals surface area contributed by atoms with Crippen LogP contribution < -0.4 is 9.47 Å². The van der Waals surface area contributed by atoms with Gasteiger partial charge in [-0.15, -0.1) is 0 Å². The maximum Gasteiger partial charge on any atom is 0.414 e. The summed E-state index contributed by atoms with van der Waals surface area (Å²) in [6.45, 7) is 3.05. The van der Waals surface area contributed by atoms with Crippen molar-refractivity contribution in [1.29, 1.82) is 0 Å². The normalized spacial score (nSPS) is 14.5. The number of ether oxygens (including phenoxy) is 2. The Morgan fingerprint density at radius 1 is 0.806 bits per heavy atom. The number of fused-ring (bicyclic) bond motifs is 1. The Kier molecular flexibility index (Phi) is 8.86. The fourth-order valence-electron chi connectivity index (χ4n) is 3.84. The van der Waals surface area contributed by atoms with Crippen molar-refractivity contribution in [2.45, 2.75) is 11.4 Å². The van der Waals surface area contributed by atoms with Gasteiger partial charge in [-0.2, -0.15) is 4.31 Å². The number of sulfonamides is 1. The molecule has 0 radical (unpaired) electrons. The lowest BCUT2D eigenvalue weighted by Gasteiger charge is -2.34. The molecule has 1 saturated heterocycles. The van der Waals surface area contributed by atoms with Crippen molar-refractivity contribution in [2.24, 2.45) is 0 Å². The first-order valence-corrected chi connectivity index (χ1v) is 12.5. The molecule has 3 aromatic carbocycles. The van der Waals surface area contributed by atoms with Crippen molar-refractivity contribution in [3.8, 4) is 11.5 Å². The van der Waals surface area contributed by atoms with Crippen LogP contribution in [-0.2, 0) is 26.2 Å². The number of hydrogen-bond donors (Lipinski definition) is 2. The monoisotopic (exact) mass is 516 g/mol. The molecule has 0 amide bonds. The molecule has 0 spiro atoms. The molecule has 10 nitrogen and oxygen atoms in total. The van der Waals surface area contributed by atoms with Crippen molar-refractivity contribution in [2.75, 3.05) is 40.4 Å². The SMILES string of the molecule is COc1ccc(CN2CCN(S(=O)(=O)c3ccc4ccccc4c3)CC2)cc1OC.O=C(O)C(=O)O. The van der Waals surface area contributed by atoms with E-state index in [0.29, 0.717) is 42.6 Å². The van der Waals surface area contributed by atoms with E-state index < -0.39 is 22.0 Å². The van der Waals surface area contributed by atoms with Crippen LogP contribution >= 0.6 is 0 Å². The summed E-state index contributed by atoms with van der Waals surface area (Å²) in [5.74, 6) is -2.25. The summed E-state index contributed by atoms with van der Waals surface area (Å²) in [5.41, 5.74) is 1.11. The topological polar surface area (TPSA) is 134 Å². The standard InChI is InChI=1S/C23H26N2O4S.C2H2O4/c1-28-22-10-7-18(15-23(22)29-2)17-24-11-13-25(14-12-24)30(26,27)21-9-8-19-5-3-4-6-20(19)16-21;3-1(4)2(5)6/h3-10,15-16H,11-14,17H2,1-2H3;(H,3,4)(H,5,6). The van der Waals surface area contributed by atoms with E-state index in [2.05, 4.69) is 4.90 Å². The fourth-order valence-corrected chi connectivity index (χ4v) is 5.30. The van der Waals surface area contributed by atoms with Crippen molar-refractivity contribution >= 4 is 32.7 Å². The summed E-state index contributed by atoms with van der Waals surface area (Å²) >= 11 is 0. The third-order valence-electron chi connectivity index (χ3n) is 5.73. The molecule has 0 saturated carbocycles. The van der Waals surface area contributed by atoms with Gasteiger partial charge >= 0.3 is 11.9 Å². The summed E-state index contributed by atoms with van der Waals surface area (Å²) in [6, 6.07) is 19.0. The van der Waals surface area contributed by atoms with E-state index in [-0.39, 0.29) is 0 Å². The Balaban J connectivity index is 0.000000538. The Labute approximate surface area is 209 Å². The van der Waals surface area contributed by atoms with Gasteiger partial charge in [0.05, 0.1) is 19.1 Å². The van der Waals surface area contributed by atoms with E-state index in [9.17, 15) is 8.42 Å². The third kappa shape index (κ3) is 6.51. The van der Waals surface area contributed by atoms with Crippen LogP contribution in [-0.4, -0.2) is 80.2 Å². The number of piperazine rings is 1. The molecule has 0 aromatic heterocycles.